The molecule has 0 aliphatic heterocycles. The lowest BCUT2D eigenvalue weighted by molar-refractivity contribution is 0.0947. The largest absolute Gasteiger partial charge is 0.351 e. The van der Waals surface area contributed by atoms with Gasteiger partial charge in [0.1, 0.15) is 0 Å². The molecule has 0 fully saturated rings. The molecule has 0 saturated carbocycles. The highest BCUT2D eigenvalue weighted by Crippen LogP contribution is 2.11. The van der Waals surface area contributed by atoms with E-state index < -0.39 is 0 Å². The van der Waals surface area contributed by atoms with Crippen LogP contribution in [0.3, 0.4) is 0 Å². The Hall–Kier alpha value is -2.76. The van der Waals surface area contributed by atoms with Gasteiger partial charge in [-0.25, -0.2) is 9.97 Å². The van der Waals surface area contributed by atoms with Gasteiger partial charge in [-0.1, -0.05) is 31.5 Å². The van der Waals surface area contributed by atoms with E-state index in [-0.39, 0.29) is 23.3 Å². The molecule has 0 bridgehead atoms. The molecule has 126 valence electrons. The van der Waals surface area contributed by atoms with Crippen LogP contribution < -0.4 is 10.6 Å². The number of aryl methyl sites for hydroxylation is 1. The summed E-state index contributed by atoms with van der Waals surface area (Å²) in [7, 11) is 0. The van der Waals surface area contributed by atoms with Gasteiger partial charge in [-0.15, -0.1) is 0 Å². The van der Waals surface area contributed by atoms with E-state index in [0.29, 0.717) is 18.0 Å². The first-order chi connectivity index (χ1) is 11.5. The summed E-state index contributed by atoms with van der Waals surface area (Å²) in [5.74, 6) is -0.0207. The SMILES string of the molecule is Cc1ccc(C(=O)Nc2nccnc2C(=O)NCCC(C)C)cc1. The molecule has 1 aromatic heterocycles. The molecule has 2 N–H and O–H groups in total. The fourth-order valence-electron chi connectivity index (χ4n) is 2.04. The Morgan fingerprint density at radius 2 is 1.71 bits per heavy atom. The van der Waals surface area contributed by atoms with E-state index in [1.54, 1.807) is 12.1 Å². The molecule has 0 saturated heterocycles. The summed E-state index contributed by atoms with van der Waals surface area (Å²) in [6.07, 6.45) is 3.74. The van der Waals surface area contributed by atoms with Crippen LogP contribution in [0.4, 0.5) is 5.82 Å². The monoisotopic (exact) mass is 326 g/mol. The predicted octanol–water partition coefficient (Wildman–Crippen LogP) is 2.81. The van der Waals surface area contributed by atoms with Gasteiger partial charge in [-0.05, 0) is 31.4 Å². The van der Waals surface area contributed by atoms with Crippen LogP contribution in [0.1, 0.15) is 46.7 Å². The summed E-state index contributed by atoms with van der Waals surface area (Å²) < 4.78 is 0. The lowest BCUT2D eigenvalue weighted by Gasteiger charge is -2.10. The van der Waals surface area contributed by atoms with E-state index in [1.807, 2.05) is 19.1 Å². The highest BCUT2D eigenvalue weighted by Gasteiger charge is 2.16. The van der Waals surface area contributed by atoms with Crippen LogP contribution in [0.5, 0.6) is 0 Å². The average Bonchev–Trinajstić information content (AvgIpc) is 2.55. The normalized spacial score (nSPS) is 10.5. The summed E-state index contributed by atoms with van der Waals surface area (Å²) in [5.41, 5.74) is 1.68. The van der Waals surface area contributed by atoms with Crippen LogP contribution in [0.15, 0.2) is 36.7 Å². The lowest BCUT2D eigenvalue weighted by atomic mass is 10.1. The molecule has 1 aromatic carbocycles. The molecule has 0 radical (unpaired) electrons. The van der Waals surface area contributed by atoms with Gasteiger partial charge < -0.3 is 10.6 Å². The summed E-state index contributed by atoms with van der Waals surface area (Å²) in [5, 5.41) is 5.45. The Bertz CT molecular complexity index is 711. The fourth-order valence-corrected chi connectivity index (χ4v) is 2.04. The third-order valence-corrected chi connectivity index (χ3v) is 3.47. The minimum atomic E-state index is -0.344. The van der Waals surface area contributed by atoms with E-state index >= 15 is 0 Å². The van der Waals surface area contributed by atoms with E-state index in [9.17, 15) is 9.59 Å². The van der Waals surface area contributed by atoms with E-state index in [4.69, 9.17) is 0 Å². The van der Waals surface area contributed by atoms with E-state index in [1.165, 1.54) is 12.4 Å². The second kappa shape index (κ2) is 8.19. The van der Waals surface area contributed by atoms with Gasteiger partial charge in [-0.2, -0.15) is 0 Å². The minimum absolute atomic E-state index is 0.113. The van der Waals surface area contributed by atoms with Gasteiger partial charge in [0.05, 0.1) is 0 Å². The van der Waals surface area contributed by atoms with Crippen molar-refractivity contribution in [2.75, 3.05) is 11.9 Å². The topological polar surface area (TPSA) is 84.0 Å². The molecule has 6 nitrogen and oxygen atoms in total. The first kappa shape index (κ1) is 17.6. The van der Waals surface area contributed by atoms with Crippen molar-refractivity contribution >= 4 is 17.6 Å². The number of nitrogens with one attached hydrogen (secondary N) is 2. The van der Waals surface area contributed by atoms with E-state index in [2.05, 4.69) is 34.4 Å². The molecule has 24 heavy (non-hydrogen) atoms. The predicted molar refractivity (Wildman–Crippen MR) is 93.0 cm³/mol. The third-order valence-electron chi connectivity index (χ3n) is 3.47. The van der Waals surface area contributed by atoms with Crippen molar-refractivity contribution in [2.24, 2.45) is 5.92 Å². The van der Waals surface area contributed by atoms with Crippen LogP contribution in [0.25, 0.3) is 0 Å². The smallest absolute Gasteiger partial charge is 0.273 e. The number of rotatable bonds is 6. The first-order valence-electron chi connectivity index (χ1n) is 7.94. The standard InChI is InChI=1S/C18H22N4O2/c1-12(2)8-9-21-18(24)15-16(20-11-10-19-15)22-17(23)14-6-4-13(3)5-7-14/h4-7,10-12H,8-9H2,1-3H3,(H,21,24)(H,20,22,23). The first-order valence-corrected chi connectivity index (χ1v) is 7.94. The molecule has 1 heterocycles. The number of carbonyl (C=O) groups is 2. The molecule has 2 amide bonds. The maximum atomic E-state index is 12.3. The van der Waals surface area contributed by atoms with Gasteiger partial charge in [0.25, 0.3) is 11.8 Å². The maximum Gasteiger partial charge on any atom is 0.273 e. The molecule has 6 heteroatoms. The van der Waals surface area contributed by atoms with Crippen LogP contribution in [0.2, 0.25) is 0 Å². The molecule has 0 spiro atoms. The number of hydrogen-bond acceptors (Lipinski definition) is 4. The number of amides is 2. The maximum absolute atomic E-state index is 12.3. The fraction of sp³-hybridized carbons (Fsp3) is 0.333. The van der Waals surface area contributed by atoms with Crippen molar-refractivity contribution in [1.29, 1.82) is 0 Å². The van der Waals surface area contributed by atoms with Crippen molar-refractivity contribution in [1.82, 2.24) is 15.3 Å². The Morgan fingerprint density at radius 3 is 2.38 bits per heavy atom. The van der Waals surface area contributed by atoms with Crippen LogP contribution in [0, 0.1) is 12.8 Å². The van der Waals surface area contributed by atoms with Crippen molar-refractivity contribution in [3.8, 4) is 0 Å². The zero-order valence-electron chi connectivity index (χ0n) is 14.2. The summed E-state index contributed by atoms with van der Waals surface area (Å²) >= 11 is 0. The molecule has 0 atom stereocenters. The highest BCUT2D eigenvalue weighted by molar-refractivity contribution is 6.07. The highest BCUT2D eigenvalue weighted by atomic mass is 16.2. The molecule has 0 aliphatic carbocycles. The zero-order valence-corrected chi connectivity index (χ0v) is 14.2. The number of carbonyl (C=O) groups excluding carboxylic acids is 2. The Labute approximate surface area is 141 Å². The number of benzene rings is 1. The number of hydrogen-bond donors (Lipinski definition) is 2. The molecule has 0 unspecified atom stereocenters. The van der Waals surface area contributed by atoms with Gasteiger partial charge >= 0.3 is 0 Å². The quantitative estimate of drug-likeness (QED) is 0.855. The van der Waals surface area contributed by atoms with Crippen LogP contribution >= 0.6 is 0 Å². The number of anilines is 1. The van der Waals surface area contributed by atoms with Crippen LogP contribution in [-0.4, -0.2) is 28.3 Å². The Balaban J connectivity index is 2.09. The average molecular weight is 326 g/mol. The molecule has 0 aliphatic rings. The third kappa shape index (κ3) is 4.87. The summed E-state index contributed by atoms with van der Waals surface area (Å²) in [6.45, 7) is 6.67. The molecular weight excluding hydrogens is 304 g/mol. The van der Waals surface area contributed by atoms with Crippen molar-refractivity contribution in [2.45, 2.75) is 27.2 Å². The zero-order chi connectivity index (χ0) is 17.5. The van der Waals surface area contributed by atoms with Crippen LogP contribution in [-0.2, 0) is 0 Å². The second-order valence-electron chi connectivity index (χ2n) is 6.01. The molecule has 2 rings (SSSR count). The van der Waals surface area contributed by atoms with E-state index in [0.717, 1.165) is 12.0 Å². The van der Waals surface area contributed by atoms with Gasteiger partial charge in [-0.3, -0.25) is 9.59 Å². The minimum Gasteiger partial charge on any atom is -0.351 e. The van der Waals surface area contributed by atoms with Gasteiger partial charge in [0, 0.05) is 24.5 Å². The summed E-state index contributed by atoms with van der Waals surface area (Å²) in [6, 6.07) is 7.16. The van der Waals surface area contributed by atoms with Gasteiger partial charge in [0.2, 0.25) is 0 Å². The number of nitrogens with zero attached hydrogens (tertiary/aromatic N) is 2. The Morgan fingerprint density at radius 1 is 1.04 bits per heavy atom. The second-order valence-corrected chi connectivity index (χ2v) is 6.01. The summed E-state index contributed by atoms with van der Waals surface area (Å²) in [4.78, 5) is 32.7. The molecule has 2 aromatic rings. The lowest BCUT2D eigenvalue weighted by Crippen LogP contribution is -2.28. The van der Waals surface area contributed by atoms with Crippen molar-refractivity contribution in [3.63, 3.8) is 0 Å². The Kier molecular flexibility index (Phi) is 6.01. The van der Waals surface area contributed by atoms with Crippen molar-refractivity contribution < 1.29 is 9.59 Å². The molecular formula is C18H22N4O2. The van der Waals surface area contributed by atoms with Crippen molar-refractivity contribution in [3.05, 3.63) is 53.5 Å². The van der Waals surface area contributed by atoms with Gasteiger partial charge in [0.15, 0.2) is 11.5 Å². The number of aromatic nitrogens is 2.